The van der Waals surface area contributed by atoms with Gasteiger partial charge in [0.05, 0.1) is 17.0 Å². The van der Waals surface area contributed by atoms with E-state index in [4.69, 9.17) is 4.98 Å². The molecule has 2 saturated heterocycles. The molecule has 0 spiro atoms. The molecule has 0 saturated carbocycles. The maximum absolute atomic E-state index is 14.2. The van der Waals surface area contributed by atoms with Gasteiger partial charge in [-0.2, -0.15) is 0 Å². The Bertz CT molecular complexity index is 1400. The number of pyridine rings is 1. The molecule has 0 aliphatic carbocycles. The maximum atomic E-state index is 14.2. The summed E-state index contributed by atoms with van der Waals surface area (Å²) in [6.07, 6.45) is 2.09. The topological polar surface area (TPSA) is 40.9 Å². The molecule has 2 aliphatic heterocycles. The number of carbonyl (C=O) groups excluding carboxylic acids is 1. The maximum Gasteiger partial charge on any atom is 0.256 e. The van der Waals surface area contributed by atoms with Crippen LogP contribution >= 0.6 is 0 Å². The van der Waals surface area contributed by atoms with E-state index in [9.17, 15) is 9.18 Å². The van der Waals surface area contributed by atoms with Gasteiger partial charge in [-0.3, -0.25) is 9.69 Å². The second kappa shape index (κ2) is 9.17. The number of amides is 1. The largest absolute Gasteiger partial charge is 0.338 e. The normalized spacial score (nSPS) is 19.9. The highest BCUT2D eigenvalue weighted by Crippen LogP contribution is 2.34. The van der Waals surface area contributed by atoms with Crippen molar-refractivity contribution in [1.29, 1.82) is 0 Å². The third-order valence-corrected chi connectivity index (χ3v) is 7.81. The molecule has 2 aromatic carbocycles. The summed E-state index contributed by atoms with van der Waals surface area (Å²) in [5.41, 5.74) is 5.82. The lowest BCUT2D eigenvalue weighted by atomic mass is 10.0. The molecule has 2 aromatic heterocycles. The molecule has 2 atom stereocenters. The molecular formula is C30H31FN4O. The highest BCUT2D eigenvalue weighted by atomic mass is 19.1. The van der Waals surface area contributed by atoms with Gasteiger partial charge in [-0.15, -0.1) is 0 Å². The van der Waals surface area contributed by atoms with Crippen LogP contribution in [-0.2, 0) is 6.54 Å². The zero-order valence-corrected chi connectivity index (χ0v) is 20.8. The lowest BCUT2D eigenvalue weighted by Gasteiger charge is -2.22. The molecule has 0 bridgehead atoms. The summed E-state index contributed by atoms with van der Waals surface area (Å²) in [5, 5.41) is 0. The molecule has 0 N–H and O–H groups in total. The number of fused-ring (bicyclic) bond motifs is 2. The summed E-state index contributed by atoms with van der Waals surface area (Å²) in [5.74, 6) is 0.682. The van der Waals surface area contributed by atoms with Crippen molar-refractivity contribution in [3.63, 3.8) is 0 Å². The van der Waals surface area contributed by atoms with Crippen LogP contribution in [0, 0.1) is 17.7 Å². The van der Waals surface area contributed by atoms with E-state index in [0.29, 0.717) is 30.8 Å². The number of rotatable bonds is 5. The molecule has 4 aromatic rings. The Morgan fingerprint density at radius 2 is 1.64 bits per heavy atom. The molecule has 36 heavy (non-hydrogen) atoms. The van der Waals surface area contributed by atoms with Crippen LogP contribution in [0.25, 0.3) is 16.9 Å². The fourth-order valence-electron chi connectivity index (χ4n) is 5.86. The van der Waals surface area contributed by atoms with E-state index >= 15 is 0 Å². The first-order valence-corrected chi connectivity index (χ1v) is 12.8. The standard InChI is InChI=1S/C30H31FN4O/c1-20(2)21-10-12-22(13-11-21)29-27(35-14-6-5-9-28(35)32-29)19-33-15-23-17-34(18-24(23)16-33)30(36)25-7-3-4-8-26(25)31/h3-14,20,23-24H,15-19H2,1-2H3. The Kier molecular flexibility index (Phi) is 5.84. The van der Waals surface area contributed by atoms with Crippen LogP contribution in [0.4, 0.5) is 4.39 Å². The van der Waals surface area contributed by atoms with Crippen LogP contribution in [0.5, 0.6) is 0 Å². The number of carbonyl (C=O) groups is 1. The van der Waals surface area contributed by atoms with Crippen molar-refractivity contribution in [2.45, 2.75) is 26.3 Å². The fraction of sp³-hybridized carbons (Fsp3) is 0.333. The molecule has 2 unspecified atom stereocenters. The second-order valence-electron chi connectivity index (χ2n) is 10.5. The molecule has 1 amide bonds. The van der Waals surface area contributed by atoms with Crippen LogP contribution < -0.4 is 0 Å². The number of halogens is 1. The Labute approximate surface area is 211 Å². The van der Waals surface area contributed by atoms with E-state index in [1.807, 2.05) is 11.0 Å². The molecule has 5 nitrogen and oxygen atoms in total. The van der Waals surface area contributed by atoms with Crippen LogP contribution in [-0.4, -0.2) is 51.3 Å². The average molecular weight is 483 g/mol. The van der Waals surface area contributed by atoms with Gasteiger partial charge in [-0.25, -0.2) is 9.37 Å². The van der Waals surface area contributed by atoms with Crippen molar-refractivity contribution in [2.24, 2.45) is 11.8 Å². The minimum absolute atomic E-state index is 0.174. The highest BCUT2D eigenvalue weighted by Gasteiger charge is 2.42. The highest BCUT2D eigenvalue weighted by molar-refractivity contribution is 5.94. The van der Waals surface area contributed by atoms with Crippen LogP contribution in [0.15, 0.2) is 72.9 Å². The Balaban J connectivity index is 1.21. The van der Waals surface area contributed by atoms with E-state index in [2.05, 4.69) is 65.7 Å². The van der Waals surface area contributed by atoms with Crippen molar-refractivity contribution >= 4 is 11.6 Å². The zero-order chi connectivity index (χ0) is 24.8. The smallest absolute Gasteiger partial charge is 0.256 e. The van der Waals surface area contributed by atoms with Crippen LogP contribution in [0.3, 0.4) is 0 Å². The molecule has 6 heteroatoms. The molecule has 0 radical (unpaired) electrons. The Morgan fingerprint density at radius 3 is 2.33 bits per heavy atom. The van der Waals surface area contributed by atoms with Gasteiger partial charge < -0.3 is 9.30 Å². The Hall–Kier alpha value is -3.51. The van der Waals surface area contributed by atoms with Crippen molar-refractivity contribution in [3.8, 4) is 11.3 Å². The third-order valence-electron chi connectivity index (χ3n) is 7.81. The number of benzene rings is 2. The summed E-state index contributed by atoms with van der Waals surface area (Å²) in [7, 11) is 0. The monoisotopic (exact) mass is 482 g/mol. The molecule has 184 valence electrons. The summed E-state index contributed by atoms with van der Waals surface area (Å²) in [4.78, 5) is 22.2. The van der Waals surface area contributed by atoms with E-state index in [-0.39, 0.29) is 11.5 Å². The quantitative estimate of drug-likeness (QED) is 0.379. The van der Waals surface area contributed by atoms with E-state index in [1.165, 1.54) is 17.3 Å². The number of nitrogens with zero attached hydrogens (tertiary/aromatic N) is 4. The molecule has 2 aliphatic rings. The van der Waals surface area contributed by atoms with Gasteiger partial charge in [0, 0.05) is 44.5 Å². The summed E-state index contributed by atoms with van der Waals surface area (Å²) < 4.78 is 16.4. The van der Waals surface area contributed by atoms with Gasteiger partial charge in [0.25, 0.3) is 5.91 Å². The van der Waals surface area contributed by atoms with Crippen molar-refractivity contribution in [2.75, 3.05) is 26.2 Å². The van der Waals surface area contributed by atoms with Gasteiger partial charge in [0.2, 0.25) is 0 Å². The molecule has 2 fully saturated rings. The van der Waals surface area contributed by atoms with Gasteiger partial charge in [-0.05, 0) is 47.6 Å². The average Bonchev–Trinajstić information content (AvgIpc) is 3.56. The number of hydrogen-bond acceptors (Lipinski definition) is 3. The van der Waals surface area contributed by atoms with E-state index < -0.39 is 5.82 Å². The SMILES string of the molecule is CC(C)c1ccc(-c2nc3ccccn3c2CN2CC3CN(C(=O)c4ccccc4F)CC3C2)cc1. The summed E-state index contributed by atoms with van der Waals surface area (Å²) >= 11 is 0. The first-order chi connectivity index (χ1) is 17.5. The fourth-order valence-corrected chi connectivity index (χ4v) is 5.86. The van der Waals surface area contributed by atoms with E-state index in [1.54, 1.807) is 18.2 Å². The van der Waals surface area contributed by atoms with Crippen molar-refractivity contribution in [1.82, 2.24) is 19.2 Å². The number of hydrogen-bond donors (Lipinski definition) is 0. The lowest BCUT2D eigenvalue weighted by molar-refractivity contribution is 0.0768. The molecule has 6 rings (SSSR count). The van der Waals surface area contributed by atoms with E-state index in [0.717, 1.165) is 36.5 Å². The summed E-state index contributed by atoms with van der Waals surface area (Å²) in [6.45, 7) is 8.45. The Morgan fingerprint density at radius 1 is 0.944 bits per heavy atom. The lowest BCUT2D eigenvalue weighted by Crippen LogP contribution is -2.33. The first kappa shape index (κ1) is 22.9. The van der Waals surface area contributed by atoms with Gasteiger partial charge in [0.15, 0.2) is 0 Å². The van der Waals surface area contributed by atoms with Gasteiger partial charge in [0.1, 0.15) is 11.5 Å². The van der Waals surface area contributed by atoms with Gasteiger partial charge in [-0.1, -0.05) is 56.3 Å². The summed E-state index contributed by atoms with van der Waals surface area (Å²) in [6, 6.07) is 21.2. The van der Waals surface area contributed by atoms with Gasteiger partial charge >= 0.3 is 0 Å². The molecule has 4 heterocycles. The first-order valence-electron chi connectivity index (χ1n) is 12.8. The third kappa shape index (κ3) is 4.09. The zero-order valence-electron chi connectivity index (χ0n) is 20.8. The van der Waals surface area contributed by atoms with Crippen molar-refractivity contribution < 1.29 is 9.18 Å². The predicted molar refractivity (Wildman–Crippen MR) is 139 cm³/mol. The predicted octanol–water partition coefficient (Wildman–Crippen LogP) is 5.47. The van der Waals surface area contributed by atoms with Crippen LogP contribution in [0.1, 0.15) is 41.4 Å². The second-order valence-corrected chi connectivity index (χ2v) is 10.5. The number of aromatic nitrogens is 2. The minimum atomic E-state index is -0.442. The minimum Gasteiger partial charge on any atom is -0.338 e. The van der Waals surface area contributed by atoms with Crippen LogP contribution in [0.2, 0.25) is 0 Å². The molecular weight excluding hydrogens is 451 g/mol. The van der Waals surface area contributed by atoms with Crippen molar-refractivity contribution in [3.05, 3.63) is 95.6 Å². The number of imidazole rings is 1. The number of likely N-dealkylation sites (tertiary alicyclic amines) is 2.